The molecule has 4 rings (SSSR count). The zero-order valence-corrected chi connectivity index (χ0v) is 17.4. The highest BCUT2D eigenvalue weighted by molar-refractivity contribution is 6.29. The molecule has 1 atom stereocenters. The second kappa shape index (κ2) is 8.32. The van der Waals surface area contributed by atoms with Crippen LogP contribution in [0.25, 0.3) is 0 Å². The number of para-hydroxylation sites is 1. The lowest BCUT2D eigenvalue weighted by Crippen LogP contribution is -2.15. The van der Waals surface area contributed by atoms with Gasteiger partial charge in [0, 0.05) is 5.56 Å². The summed E-state index contributed by atoms with van der Waals surface area (Å²) in [5.74, 6) is -0.121. The highest BCUT2D eigenvalue weighted by Gasteiger charge is 2.31. The van der Waals surface area contributed by atoms with E-state index in [2.05, 4.69) is 10.2 Å². The Morgan fingerprint density at radius 1 is 1.17 bits per heavy atom. The van der Waals surface area contributed by atoms with Crippen molar-refractivity contribution in [1.29, 1.82) is 0 Å². The first-order valence-corrected chi connectivity index (χ1v) is 10.0. The molecule has 0 saturated heterocycles. The number of benzene rings is 2. The van der Waals surface area contributed by atoms with Crippen LogP contribution in [0.1, 0.15) is 46.9 Å². The van der Waals surface area contributed by atoms with Crippen LogP contribution in [0, 0.1) is 6.92 Å². The highest BCUT2D eigenvalue weighted by atomic mass is 35.5. The van der Waals surface area contributed by atoms with Crippen molar-refractivity contribution < 1.29 is 19.4 Å². The van der Waals surface area contributed by atoms with Gasteiger partial charge in [0.25, 0.3) is 0 Å². The lowest BCUT2D eigenvalue weighted by molar-refractivity contribution is -0.137. The van der Waals surface area contributed by atoms with Crippen molar-refractivity contribution >= 4 is 17.6 Å². The summed E-state index contributed by atoms with van der Waals surface area (Å²) >= 11 is 6.08. The van der Waals surface area contributed by atoms with Crippen molar-refractivity contribution in [1.82, 2.24) is 10.2 Å². The number of aromatic nitrogens is 2. The van der Waals surface area contributed by atoms with E-state index in [0.717, 1.165) is 24.0 Å². The molecule has 1 N–H and O–H groups in total. The number of nitrogens with zero attached hydrogens (tertiary/aromatic N) is 2. The summed E-state index contributed by atoms with van der Waals surface area (Å²) in [6, 6.07) is 14.4. The number of carboxylic acid groups (broad SMARTS) is 1. The van der Waals surface area contributed by atoms with Gasteiger partial charge in [-0.05, 0) is 60.6 Å². The van der Waals surface area contributed by atoms with Gasteiger partial charge in [-0.2, -0.15) is 0 Å². The maximum atomic E-state index is 12.2. The first-order chi connectivity index (χ1) is 14.5. The van der Waals surface area contributed by atoms with Gasteiger partial charge in [-0.15, -0.1) is 10.2 Å². The monoisotopic (exact) mass is 424 g/mol. The van der Waals surface area contributed by atoms with Crippen LogP contribution in [0.4, 0.5) is 0 Å². The Hall–Kier alpha value is -3.12. The molecular formula is C23H21ClN2O4. The summed E-state index contributed by atoms with van der Waals surface area (Å²) < 4.78 is 11.4. The van der Waals surface area contributed by atoms with Crippen LogP contribution in [-0.4, -0.2) is 28.4 Å². The smallest absolute Gasteiger partial charge is 0.315 e. The minimum Gasteiger partial charge on any atom is -0.497 e. The second-order valence-electron chi connectivity index (χ2n) is 7.34. The van der Waals surface area contributed by atoms with E-state index in [1.807, 2.05) is 25.1 Å². The molecule has 0 aliphatic heterocycles. The summed E-state index contributed by atoms with van der Waals surface area (Å²) in [6.45, 7) is 1.96. The second-order valence-corrected chi connectivity index (χ2v) is 7.73. The summed E-state index contributed by atoms with van der Waals surface area (Å²) in [5, 5.41) is 18.1. The molecule has 1 saturated carbocycles. The molecule has 30 heavy (non-hydrogen) atoms. The van der Waals surface area contributed by atoms with Gasteiger partial charge in [0.1, 0.15) is 17.4 Å². The fourth-order valence-electron chi connectivity index (χ4n) is 3.53. The van der Waals surface area contributed by atoms with E-state index < -0.39 is 11.9 Å². The van der Waals surface area contributed by atoms with Gasteiger partial charge in [0.15, 0.2) is 5.15 Å². The van der Waals surface area contributed by atoms with Crippen LogP contribution in [0.3, 0.4) is 0 Å². The van der Waals surface area contributed by atoms with Crippen molar-refractivity contribution in [2.75, 3.05) is 7.11 Å². The number of aliphatic carboxylic acids is 1. The number of hydrogen-bond donors (Lipinski definition) is 1. The molecule has 1 aliphatic rings. The molecule has 6 nitrogen and oxygen atoms in total. The zero-order valence-electron chi connectivity index (χ0n) is 16.6. The molecule has 1 fully saturated rings. The number of carbonyl (C=O) groups is 1. The van der Waals surface area contributed by atoms with E-state index in [1.165, 1.54) is 6.07 Å². The Balaban J connectivity index is 1.79. The van der Waals surface area contributed by atoms with Gasteiger partial charge < -0.3 is 14.6 Å². The Labute approximate surface area is 179 Å². The number of aryl methyl sites for hydroxylation is 1. The molecule has 0 radical (unpaired) electrons. The number of rotatable bonds is 7. The Morgan fingerprint density at radius 3 is 2.53 bits per heavy atom. The predicted octanol–water partition coefficient (Wildman–Crippen LogP) is 5.33. The molecule has 3 aromatic rings. The standard InChI is InChI=1S/C23H21ClN2O4/c1-13-4-3-5-17(14-6-7-14)21(13)30-22-18(12-19(24)25-26-22)20(23(27)28)15-8-10-16(29-2)11-9-15/h3-5,8-12,14,20H,6-7H2,1-2H3,(H,27,28). The first-order valence-electron chi connectivity index (χ1n) is 9.65. The molecule has 0 amide bonds. The van der Waals surface area contributed by atoms with E-state index in [9.17, 15) is 9.90 Å². The average molecular weight is 425 g/mol. The fraction of sp³-hybridized carbons (Fsp3) is 0.261. The van der Waals surface area contributed by atoms with Crippen molar-refractivity contribution in [2.45, 2.75) is 31.6 Å². The van der Waals surface area contributed by atoms with Crippen LogP contribution >= 0.6 is 11.6 Å². The molecule has 1 aliphatic carbocycles. The molecule has 1 heterocycles. The van der Waals surface area contributed by atoms with E-state index in [0.29, 0.717) is 28.5 Å². The van der Waals surface area contributed by atoms with Gasteiger partial charge in [-0.1, -0.05) is 41.9 Å². The molecule has 154 valence electrons. The maximum Gasteiger partial charge on any atom is 0.315 e. The molecule has 1 unspecified atom stereocenters. The maximum absolute atomic E-state index is 12.2. The zero-order chi connectivity index (χ0) is 21.3. The van der Waals surface area contributed by atoms with Crippen LogP contribution in [0.5, 0.6) is 17.4 Å². The van der Waals surface area contributed by atoms with Crippen molar-refractivity contribution in [2.24, 2.45) is 0 Å². The molecule has 1 aromatic heterocycles. The van der Waals surface area contributed by atoms with Crippen LogP contribution in [0.2, 0.25) is 5.15 Å². The van der Waals surface area contributed by atoms with Gasteiger partial charge >= 0.3 is 5.97 Å². The summed E-state index contributed by atoms with van der Waals surface area (Å²) in [7, 11) is 1.56. The topological polar surface area (TPSA) is 81.5 Å². The van der Waals surface area contributed by atoms with E-state index in [4.69, 9.17) is 21.1 Å². The van der Waals surface area contributed by atoms with Crippen molar-refractivity contribution in [3.63, 3.8) is 0 Å². The minimum absolute atomic E-state index is 0.101. The molecule has 7 heteroatoms. The third kappa shape index (κ3) is 4.09. The summed E-state index contributed by atoms with van der Waals surface area (Å²) in [6.07, 6.45) is 2.23. The average Bonchev–Trinajstić information content (AvgIpc) is 3.57. The normalized spacial score (nSPS) is 14.2. The van der Waals surface area contributed by atoms with Crippen LogP contribution in [0.15, 0.2) is 48.5 Å². The largest absolute Gasteiger partial charge is 0.497 e. The first kappa shape index (κ1) is 20.2. The number of carboxylic acids is 1. The van der Waals surface area contributed by atoms with Crippen molar-refractivity contribution in [3.8, 4) is 17.4 Å². The van der Waals surface area contributed by atoms with Crippen molar-refractivity contribution in [3.05, 3.63) is 75.9 Å². The lowest BCUT2D eigenvalue weighted by Gasteiger charge is -2.19. The Morgan fingerprint density at radius 2 is 1.90 bits per heavy atom. The third-order valence-electron chi connectivity index (χ3n) is 5.22. The highest BCUT2D eigenvalue weighted by Crippen LogP contribution is 2.47. The van der Waals surface area contributed by atoms with Crippen LogP contribution in [-0.2, 0) is 4.79 Å². The minimum atomic E-state index is -1.04. The van der Waals surface area contributed by atoms with Gasteiger partial charge in [-0.3, -0.25) is 4.79 Å². The Bertz CT molecular complexity index is 1080. The SMILES string of the molecule is COc1ccc(C(C(=O)O)c2cc(Cl)nnc2Oc2c(C)cccc2C2CC2)cc1. The van der Waals surface area contributed by atoms with E-state index >= 15 is 0 Å². The van der Waals surface area contributed by atoms with E-state index in [1.54, 1.807) is 31.4 Å². The molecule has 0 spiro atoms. The number of halogens is 1. The number of ether oxygens (including phenoxy) is 2. The third-order valence-corrected chi connectivity index (χ3v) is 5.41. The number of hydrogen-bond acceptors (Lipinski definition) is 5. The number of methoxy groups -OCH3 is 1. The summed E-state index contributed by atoms with van der Waals surface area (Å²) in [5.41, 5.74) is 2.97. The summed E-state index contributed by atoms with van der Waals surface area (Å²) in [4.78, 5) is 12.2. The molecule has 0 bridgehead atoms. The molecular weight excluding hydrogens is 404 g/mol. The predicted molar refractivity (Wildman–Crippen MR) is 113 cm³/mol. The van der Waals surface area contributed by atoms with Crippen LogP contribution < -0.4 is 9.47 Å². The van der Waals surface area contributed by atoms with E-state index in [-0.39, 0.29) is 11.0 Å². The Kier molecular flexibility index (Phi) is 5.59. The lowest BCUT2D eigenvalue weighted by atomic mass is 9.92. The van der Waals surface area contributed by atoms with Gasteiger partial charge in [0.05, 0.1) is 7.11 Å². The quantitative estimate of drug-likeness (QED) is 0.551. The molecule has 2 aromatic carbocycles. The van der Waals surface area contributed by atoms with Gasteiger partial charge in [0.2, 0.25) is 5.88 Å². The van der Waals surface area contributed by atoms with Gasteiger partial charge in [-0.25, -0.2) is 0 Å². The fourth-order valence-corrected chi connectivity index (χ4v) is 3.69.